The van der Waals surface area contributed by atoms with E-state index in [1.54, 1.807) is 11.0 Å². The van der Waals surface area contributed by atoms with Gasteiger partial charge in [0.1, 0.15) is 23.6 Å². The van der Waals surface area contributed by atoms with Gasteiger partial charge < -0.3 is 14.9 Å². The minimum Gasteiger partial charge on any atom is -0.380 e. The molecule has 0 spiro atoms. The van der Waals surface area contributed by atoms with Gasteiger partial charge in [-0.1, -0.05) is 6.58 Å². The molecule has 2 saturated carbocycles. The number of hydrogen-bond acceptors (Lipinski definition) is 7. The van der Waals surface area contributed by atoms with E-state index in [9.17, 15) is 20.4 Å². The standard InChI is InChI=1S/C26H26N6O2/c1-3-20-11-21(19(13-28)14-29-20)22-10-18(12-27)24(30-23(22)17-4-5-17)31-8-9-32(16(2)15-31)25(33)26(34)6-7-26/h3,10-11,14,16-17,34H,1,4-9,15H2,2H3. The summed E-state index contributed by atoms with van der Waals surface area (Å²) in [6.07, 6.45) is 6.26. The van der Waals surface area contributed by atoms with Gasteiger partial charge >= 0.3 is 0 Å². The van der Waals surface area contributed by atoms with Gasteiger partial charge in [0.15, 0.2) is 0 Å². The Bertz CT molecular complexity index is 1270. The van der Waals surface area contributed by atoms with E-state index in [0.717, 1.165) is 24.1 Å². The second kappa shape index (κ2) is 8.23. The zero-order valence-electron chi connectivity index (χ0n) is 19.2. The van der Waals surface area contributed by atoms with E-state index in [1.165, 1.54) is 6.20 Å². The summed E-state index contributed by atoms with van der Waals surface area (Å²) >= 11 is 0. The molecule has 172 valence electrons. The summed E-state index contributed by atoms with van der Waals surface area (Å²) in [6, 6.07) is 8.06. The summed E-state index contributed by atoms with van der Waals surface area (Å²) in [4.78, 5) is 25.7. The highest BCUT2D eigenvalue weighted by Gasteiger charge is 2.51. The van der Waals surface area contributed by atoms with Crippen LogP contribution in [0.4, 0.5) is 5.82 Å². The molecule has 8 heteroatoms. The van der Waals surface area contributed by atoms with Crippen LogP contribution in [0.1, 0.15) is 61.0 Å². The van der Waals surface area contributed by atoms with Gasteiger partial charge in [0.05, 0.1) is 22.5 Å². The van der Waals surface area contributed by atoms with Crippen LogP contribution in [0.3, 0.4) is 0 Å². The predicted octanol–water partition coefficient (Wildman–Crippen LogP) is 2.97. The highest BCUT2D eigenvalue weighted by Crippen LogP contribution is 2.45. The molecule has 34 heavy (non-hydrogen) atoms. The topological polar surface area (TPSA) is 117 Å². The number of piperazine rings is 1. The van der Waals surface area contributed by atoms with Gasteiger partial charge in [-0.05, 0) is 50.8 Å². The van der Waals surface area contributed by atoms with E-state index in [1.807, 2.05) is 19.1 Å². The fraction of sp³-hybridized carbons (Fsp3) is 0.423. The Morgan fingerprint density at radius 3 is 2.53 bits per heavy atom. The van der Waals surface area contributed by atoms with Crippen molar-refractivity contribution in [1.82, 2.24) is 14.9 Å². The maximum atomic E-state index is 12.7. The molecular weight excluding hydrogens is 428 g/mol. The first-order chi connectivity index (χ1) is 16.4. The van der Waals surface area contributed by atoms with Gasteiger partial charge in [0.25, 0.3) is 5.91 Å². The number of anilines is 1. The number of nitriles is 2. The third kappa shape index (κ3) is 3.81. The van der Waals surface area contributed by atoms with E-state index >= 15 is 0 Å². The van der Waals surface area contributed by atoms with Gasteiger partial charge in [-0.2, -0.15) is 10.5 Å². The lowest BCUT2D eigenvalue weighted by Gasteiger charge is -2.41. The first-order valence-corrected chi connectivity index (χ1v) is 11.6. The molecule has 3 fully saturated rings. The number of pyridine rings is 2. The predicted molar refractivity (Wildman–Crippen MR) is 127 cm³/mol. The molecule has 1 atom stereocenters. The van der Waals surface area contributed by atoms with E-state index in [-0.39, 0.29) is 17.9 Å². The molecule has 3 heterocycles. The maximum absolute atomic E-state index is 12.7. The number of amides is 1. The van der Waals surface area contributed by atoms with Crippen molar-refractivity contribution in [3.05, 3.63) is 47.4 Å². The molecule has 1 saturated heterocycles. The Morgan fingerprint density at radius 2 is 1.94 bits per heavy atom. The third-order valence-electron chi connectivity index (χ3n) is 6.97. The number of aliphatic hydroxyl groups is 1. The molecule has 2 aromatic rings. The second-order valence-electron chi connectivity index (χ2n) is 9.47. The molecule has 1 N–H and O–H groups in total. The maximum Gasteiger partial charge on any atom is 0.254 e. The second-order valence-corrected chi connectivity index (χ2v) is 9.47. The molecular formula is C26H26N6O2. The summed E-state index contributed by atoms with van der Waals surface area (Å²) in [6.45, 7) is 7.29. The van der Waals surface area contributed by atoms with Gasteiger partial charge in [-0.25, -0.2) is 4.98 Å². The van der Waals surface area contributed by atoms with E-state index in [2.05, 4.69) is 28.6 Å². The van der Waals surface area contributed by atoms with Crippen molar-refractivity contribution >= 4 is 17.8 Å². The van der Waals surface area contributed by atoms with Crippen LogP contribution in [-0.2, 0) is 4.79 Å². The van der Waals surface area contributed by atoms with E-state index in [0.29, 0.717) is 60.7 Å². The Balaban J connectivity index is 1.52. The monoisotopic (exact) mass is 454 g/mol. The van der Waals surface area contributed by atoms with Crippen LogP contribution in [0, 0.1) is 22.7 Å². The van der Waals surface area contributed by atoms with Crippen LogP contribution in [0.25, 0.3) is 17.2 Å². The number of rotatable bonds is 5. The zero-order chi connectivity index (χ0) is 24.0. The lowest BCUT2D eigenvalue weighted by Crippen LogP contribution is -2.57. The first kappa shape index (κ1) is 22.1. The summed E-state index contributed by atoms with van der Waals surface area (Å²) in [5.41, 5.74) is 2.75. The highest BCUT2D eigenvalue weighted by molar-refractivity contribution is 5.88. The van der Waals surface area contributed by atoms with Crippen LogP contribution in [0.2, 0.25) is 0 Å². The van der Waals surface area contributed by atoms with Crippen LogP contribution < -0.4 is 4.90 Å². The number of carbonyl (C=O) groups is 1. The van der Waals surface area contributed by atoms with Crippen molar-refractivity contribution in [3.8, 4) is 23.3 Å². The van der Waals surface area contributed by atoms with E-state index < -0.39 is 5.60 Å². The molecule has 2 aromatic heterocycles. The Morgan fingerprint density at radius 1 is 1.21 bits per heavy atom. The minimum atomic E-state index is -1.18. The molecule has 0 aromatic carbocycles. The summed E-state index contributed by atoms with van der Waals surface area (Å²) in [5.74, 6) is 0.716. The largest absolute Gasteiger partial charge is 0.380 e. The lowest BCUT2D eigenvalue weighted by atomic mass is 9.96. The van der Waals surface area contributed by atoms with Crippen molar-refractivity contribution in [2.75, 3.05) is 24.5 Å². The van der Waals surface area contributed by atoms with Crippen molar-refractivity contribution < 1.29 is 9.90 Å². The Hall–Kier alpha value is -3.75. The van der Waals surface area contributed by atoms with Gasteiger partial charge in [-0.3, -0.25) is 9.78 Å². The first-order valence-electron chi connectivity index (χ1n) is 11.6. The van der Waals surface area contributed by atoms with Crippen molar-refractivity contribution in [1.29, 1.82) is 10.5 Å². The average Bonchev–Trinajstić information content (AvgIpc) is 3.79. The molecule has 3 aliphatic rings. The SMILES string of the molecule is C=Cc1cc(-c2cc(C#N)c(N3CCN(C(=O)C4(O)CC4)C(C)C3)nc2C2CC2)c(C#N)cn1. The fourth-order valence-corrected chi connectivity index (χ4v) is 4.67. The molecule has 1 unspecified atom stereocenters. The molecule has 2 aliphatic carbocycles. The molecule has 0 radical (unpaired) electrons. The van der Waals surface area contributed by atoms with Gasteiger partial charge in [0.2, 0.25) is 0 Å². The summed E-state index contributed by atoms with van der Waals surface area (Å²) in [7, 11) is 0. The third-order valence-corrected chi connectivity index (χ3v) is 6.97. The normalized spacial score (nSPS) is 20.9. The minimum absolute atomic E-state index is 0.108. The summed E-state index contributed by atoms with van der Waals surface area (Å²) in [5, 5.41) is 29.9. The van der Waals surface area contributed by atoms with Crippen LogP contribution in [0.5, 0.6) is 0 Å². The van der Waals surface area contributed by atoms with E-state index in [4.69, 9.17) is 4.98 Å². The molecule has 1 amide bonds. The Kier molecular flexibility index (Phi) is 5.34. The highest BCUT2D eigenvalue weighted by atomic mass is 16.3. The molecule has 1 aliphatic heterocycles. The van der Waals surface area contributed by atoms with Crippen LogP contribution in [0.15, 0.2) is 24.9 Å². The quantitative estimate of drug-likeness (QED) is 0.738. The number of carbonyl (C=O) groups excluding carboxylic acids is 1. The Labute approximate surface area is 198 Å². The molecule has 8 nitrogen and oxygen atoms in total. The van der Waals surface area contributed by atoms with Crippen molar-refractivity contribution in [2.45, 2.75) is 50.2 Å². The smallest absolute Gasteiger partial charge is 0.254 e. The van der Waals surface area contributed by atoms with Gasteiger partial charge in [0, 0.05) is 48.9 Å². The lowest BCUT2D eigenvalue weighted by molar-refractivity contribution is -0.145. The summed E-state index contributed by atoms with van der Waals surface area (Å²) < 4.78 is 0. The fourth-order valence-electron chi connectivity index (χ4n) is 4.67. The molecule has 0 bridgehead atoms. The van der Waals surface area contributed by atoms with Crippen LogP contribution >= 0.6 is 0 Å². The number of hydrogen-bond donors (Lipinski definition) is 1. The van der Waals surface area contributed by atoms with Crippen molar-refractivity contribution in [3.63, 3.8) is 0 Å². The zero-order valence-corrected chi connectivity index (χ0v) is 19.2. The number of nitrogens with zero attached hydrogens (tertiary/aromatic N) is 6. The average molecular weight is 455 g/mol. The number of aromatic nitrogens is 2. The van der Waals surface area contributed by atoms with Crippen molar-refractivity contribution in [2.24, 2.45) is 0 Å². The van der Waals surface area contributed by atoms with Crippen LogP contribution in [-0.4, -0.2) is 57.2 Å². The molecule has 5 rings (SSSR count). The van der Waals surface area contributed by atoms with Gasteiger partial charge in [-0.15, -0.1) is 0 Å².